The summed E-state index contributed by atoms with van der Waals surface area (Å²) in [4.78, 5) is 23.8. The molecule has 0 aliphatic carbocycles. The van der Waals surface area contributed by atoms with Crippen LogP contribution in [0.4, 0.5) is 15.8 Å². The summed E-state index contributed by atoms with van der Waals surface area (Å²) < 4.78 is 18.6. The van der Waals surface area contributed by atoms with Crippen LogP contribution in [0.25, 0.3) is 0 Å². The Morgan fingerprint density at radius 2 is 1.91 bits per heavy atom. The van der Waals surface area contributed by atoms with Gasteiger partial charge < -0.3 is 15.4 Å². The van der Waals surface area contributed by atoms with Crippen molar-refractivity contribution in [2.24, 2.45) is 0 Å². The molecule has 0 saturated heterocycles. The van der Waals surface area contributed by atoms with Gasteiger partial charge in [-0.15, -0.1) is 0 Å². The van der Waals surface area contributed by atoms with E-state index in [0.29, 0.717) is 11.4 Å². The van der Waals surface area contributed by atoms with Crippen LogP contribution in [-0.2, 0) is 9.59 Å². The first kappa shape index (κ1) is 14.1. The van der Waals surface area contributed by atoms with Crippen molar-refractivity contribution >= 4 is 23.3 Å². The molecule has 1 aliphatic rings. The highest BCUT2D eigenvalue weighted by Gasteiger charge is 2.29. The van der Waals surface area contributed by atoms with Crippen molar-refractivity contribution in [1.82, 2.24) is 0 Å². The molecule has 2 aromatic carbocycles. The van der Waals surface area contributed by atoms with E-state index in [1.807, 2.05) is 0 Å². The quantitative estimate of drug-likeness (QED) is 0.675. The zero-order chi connectivity index (χ0) is 15.5. The maximum atomic E-state index is 13.5. The van der Waals surface area contributed by atoms with Crippen LogP contribution in [0.5, 0.6) is 5.75 Å². The smallest absolute Gasteiger partial charge is 0.334 e. The zero-order valence-electron chi connectivity index (χ0n) is 11.5. The van der Waals surface area contributed by atoms with Crippen LogP contribution in [0.2, 0.25) is 0 Å². The molecule has 1 amide bonds. The van der Waals surface area contributed by atoms with Gasteiger partial charge in [-0.1, -0.05) is 24.3 Å². The van der Waals surface area contributed by atoms with E-state index < -0.39 is 23.7 Å². The Labute approximate surface area is 126 Å². The number of esters is 1. The van der Waals surface area contributed by atoms with Crippen LogP contribution in [0.1, 0.15) is 6.42 Å². The fourth-order valence-corrected chi connectivity index (χ4v) is 2.18. The summed E-state index contributed by atoms with van der Waals surface area (Å²) in [6, 6.07) is 12.0. The molecule has 0 bridgehead atoms. The van der Waals surface area contributed by atoms with Gasteiger partial charge in [-0.05, 0) is 24.3 Å². The van der Waals surface area contributed by atoms with Gasteiger partial charge in [0.1, 0.15) is 11.9 Å². The lowest BCUT2D eigenvalue weighted by atomic mass is 10.1. The van der Waals surface area contributed by atoms with Crippen molar-refractivity contribution in [3.8, 4) is 5.75 Å². The summed E-state index contributed by atoms with van der Waals surface area (Å²) >= 11 is 0. The SMILES string of the molecule is O=C(CC1Nc2ccccc2OC1=O)Nc1ccccc1F. The largest absolute Gasteiger partial charge is 0.423 e. The van der Waals surface area contributed by atoms with E-state index in [4.69, 9.17) is 4.74 Å². The molecule has 6 heteroatoms. The Morgan fingerprint density at radius 3 is 2.73 bits per heavy atom. The van der Waals surface area contributed by atoms with Crippen molar-refractivity contribution in [3.05, 3.63) is 54.3 Å². The molecule has 0 spiro atoms. The summed E-state index contributed by atoms with van der Waals surface area (Å²) in [6.45, 7) is 0. The third-order valence-electron chi connectivity index (χ3n) is 3.25. The van der Waals surface area contributed by atoms with Gasteiger partial charge >= 0.3 is 5.97 Å². The van der Waals surface area contributed by atoms with Crippen LogP contribution < -0.4 is 15.4 Å². The fourth-order valence-electron chi connectivity index (χ4n) is 2.18. The number of halogens is 1. The first-order valence-corrected chi connectivity index (χ1v) is 6.75. The molecule has 1 atom stereocenters. The van der Waals surface area contributed by atoms with E-state index in [0.717, 1.165) is 0 Å². The molecule has 112 valence electrons. The highest BCUT2D eigenvalue weighted by atomic mass is 19.1. The lowest BCUT2D eigenvalue weighted by Crippen LogP contribution is -2.39. The number of nitrogens with one attached hydrogen (secondary N) is 2. The van der Waals surface area contributed by atoms with Crippen LogP contribution >= 0.6 is 0 Å². The van der Waals surface area contributed by atoms with Gasteiger partial charge in [-0.3, -0.25) is 4.79 Å². The summed E-state index contributed by atoms with van der Waals surface area (Å²) in [5.74, 6) is -1.11. The summed E-state index contributed by atoms with van der Waals surface area (Å²) in [7, 11) is 0. The molecule has 0 saturated carbocycles. The second-order valence-electron chi connectivity index (χ2n) is 4.85. The van der Waals surface area contributed by atoms with Gasteiger partial charge in [-0.2, -0.15) is 0 Å². The second-order valence-corrected chi connectivity index (χ2v) is 4.85. The number of carbonyl (C=O) groups is 2. The molecule has 1 unspecified atom stereocenters. The molecular weight excluding hydrogens is 287 g/mol. The topological polar surface area (TPSA) is 67.4 Å². The molecule has 22 heavy (non-hydrogen) atoms. The zero-order valence-corrected chi connectivity index (χ0v) is 11.5. The van der Waals surface area contributed by atoms with Crippen molar-refractivity contribution in [1.29, 1.82) is 0 Å². The molecule has 3 rings (SSSR count). The third kappa shape index (κ3) is 2.90. The number of hydrogen-bond donors (Lipinski definition) is 2. The number of fused-ring (bicyclic) bond motifs is 1. The van der Waals surface area contributed by atoms with E-state index in [1.165, 1.54) is 18.2 Å². The number of rotatable bonds is 3. The third-order valence-corrected chi connectivity index (χ3v) is 3.25. The minimum absolute atomic E-state index is 0.0806. The Balaban J connectivity index is 1.67. The number of benzene rings is 2. The molecule has 2 N–H and O–H groups in total. The minimum Gasteiger partial charge on any atom is -0.423 e. The van der Waals surface area contributed by atoms with E-state index in [2.05, 4.69) is 10.6 Å². The van der Waals surface area contributed by atoms with Crippen molar-refractivity contribution in [2.45, 2.75) is 12.5 Å². The van der Waals surface area contributed by atoms with Gasteiger partial charge in [0, 0.05) is 0 Å². The second kappa shape index (κ2) is 5.85. The van der Waals surface area contributed by atoms with Gasteiger partial charge in [0.2, 0.25) is 5.91 Å². The Hall–Kier alpha value is -2.89. The maximum absolute atomic E-state index is 13.5. The van der Waals surface area contributed by atoms with Gasteiger partial charge in [0.25, 0.3) is 0 Å². The highest BCUT2D eigenvalue weighted by Crippen LogP contribution is 2.29. The predicted octanol–water partition coefficient (Wildman–Crippen LogP) is 2.55. The van der Waals surface area contributed by atoms with Crippen LogP contribution in [0.3, 0.4) is 0 Å². The standard InChI is InChI=1S/C16H13FN2O3/c17-10-5-1-2-6-11(10)19-15(20)9-13-16(21)22-14-8-4-3-7-12(14)18-13/h1-8,13,18H,9H2,(H,19,20). The van der Waals surface area contributed by atoms with Crippen molar-refractivity contribution in [2.75, 3.05) is 10.6 Å². The normalized spacial score (nSPS) is 16.2. The Bertz CT molecular complexity index is 733. The van der Waals surface area contributed by atoms with Crippen LogP contribution in [0.15, 0.2) is 48.5 Å². The number of ether oxygens (including phenoxy) is 1. The van der Waals surface area contributed by atoms with Gasteiger partial charge in [0.05, 0.1) is 17.8 Å². The molecule has 2 aromatic rings. The van der Waals surface area contributed by atoms with Crippen LogP contribution in [-0.4, -0.2) is 17.9 Å². The minimum atomic E-state index is -0.804. The predicted molar refractivity (Wildman–Crippen MR) is 79.1 cm³/mol. The molecular formula is C16H13FN2O3. The lowest BCUT2D eigenvalue weighted by molar-refractivity contribution is -0.137. The fraction of sp³-hybridized carbons (Fsp3) is 0.125. The van der Waals surface area contributed by atoms with E-state index in [1.54, 1.807) is 30.3 Å². The number of hydrogen-bond acceptors (Lipinski definition) is 4. The van der Waals surface area contributed by atoms with Crippen LogP contribution in [0, 0.1) is 5.82 Å². The summed E-state index contributed by atoms with van der Waals surface area (Å²) in [6.07, 6.45) is -0.151. The highest BCUT2D eigenvalue weighted by molar-refractivity contribution is 5.97. The van der Waals surface area contributed by atoms with E-state index in [-0.39, 0.29) is 12.1 Å². The van der Waals surface area contributed by atoms with Crippen molar-refractivity contribution in [3.63, 3.8) is 0 Å². The number of anilines is 2. The number of carbonyl (C=O) groups excluding carboxylic acids is 2. The van der Waals surface area contributed by atoms with E-state index >= 15 is 0 Å². The molecule has 0 fully saturated rings. The van der Waals surface area contributed by atoms with Gasteiger partial charge in [0.15, 0.2) is 5.75 Å². The summed E-state index contributed by atoms with van der Waals surface area (Å²) in [5.41, 5.74) is 0.725. The Kier molecular flexibility index (Phi) is 3.74. The average molecular weight is 300 g/mol. The first-order chi connectivity index (χ1) is 10.6. The molecule has 0 aromatic heterocycles. The van der Waals surface area contributed by atoms with Gasteiger partial charge in [-0.25, -0.2) is 9.18 Å². The molecule has 0 radical (unpaired) electrons. The number of para-hydroxylation sites is 3. The monoisotopic (exact) mass is 300 g/mol. The molecule has 1 heterocycles. The molecule has 1 aliphatic heterocycles. The maximum Gasteiger partial charge on any atom is 0.334 e. The van der Waals surface area contributed by atoms with E-state index in [9.17, 15) is 14.0 Å². The Morgan fingerprint density at radius 1 is 1.18 bits per heavy atom. The average Bonchev–Trinajstić information content (AvgIpc) is 2.50. The number of amides is 1. The summed E-state index contributed by atoms with van der Waals surface area (Å²) in [5, 5.41) is 5.39. The molecule has 5 nitrogen and oxygen atoms in total. The first-order valence-electron chi connectivity index (χ1n) is 6.75. The lowest BCUT2D eigenvalue weighted by Gasteiger charge is -2.25. The van der Waals surface area contributed by atoms with Crippen molar-refractivity contribution < 1.29 is 18.7 Å².